The maximum Gasteiger partial charge on any atom is 0.286 e. The molecule has 2 bridgehead atoms. The van der Waals surface area contributed by atoms with Gasteiger partial charge in [-0.2, -0.15) is 0 Å². The second-order valence-electron chi connectivity index (χ2n) is 9.84. The van der Waals surface area contributed by atoms with Crippen molar-refractivity contribution in [3.05, 3.63) is 59.2 Å². The second kappa shape index (κ2) is 7.12. The topological polar surface area (TPSA) is 137 Å². The van der Waals surface area contributed by atoms with Crippen molar-refractivity contribution in [1.29, 1.82) is 0 Å². The third kappa shape index (κ3) is 2.51. The Morgan fingerprint density at radius 3 is 2.37 bits per heavy atom. The molecule has 4 N–H and O–H groups in total. The summed E-state index contributed by atoms with van der Waals surface area (Å²) in [5.41, 5.74) is 1.04. The highest BCUT2D eigenvalue weighted by Crippen LogP contribution is 2.48. The molecule has 3 aromatic carbocycles. The van der Waals surface area contributed by atoms with Gasteiger partial charge in [-0.15, -0.1) is 5.06 Å². The molecule has 192 valence electrons. The Morgan fingerprint density at radius 1 is 0.921 bits per heavy atom. The number of fused-ring (bicyclic) bond motifs is 12. The fourth-order valence-electron chi connectivity index (χ4n) is 6.30. The van der Waals surface area contributed by atoms with Crippen molar-refractivity contribution in [3.63, 3.8) is 0 Å². The highest BCUT2D eigenvalue weighted by Gasteiger charge is 2.52. The average molecular weight is 521 g/mol. The van der Waals surface area contributed by atoms with E-state index >= 15 is 0 Å². The quantitative estimate of drug-likeness (QED) is 0.197. The molecule has 38 heavy (non-hydrogen) atoms. The third-order valence-corrected chi connectivity index (χ3v) is 7.89. The summed E-state index contributed by atoms with van der Waals surface area (Å²) < 4.78 is 42.2. The number of carbonyl (C=O) groups excluding carboxylic acids is 2. The number of nitrogens with zero attached hydrogens (tertiary/aromatic N) is 2. The van der Waals surface area contributed by atoms with Gasteiger partial charge in [0, 0.05) is 27.1 Å². The molecule has 8 rings (SSSR count). The van der Waals surface area contributed by atoms with Crippen LogP contribution in [0.1, 0.15) is 26.9 Å². The number of H-pyrrole nitrogens is 1. The van der Waals surface area contributed by atoms with Gasteiger partial charge in [-0.05, 0) is 36.4 Å². The van der Waals surface area contributed by atoms with Gasteiger partial charge in [0.05, 0.1) is 34.3 Å². The number of hydroxylamine groups is 2. The molecule has 2 amide bonds. The van der Waals surface area contributed by atoms with Crippen LogP contribution < -0.4 is 0 Å². The Kier molecular flexibility index (Phi) is 4.14. The fraction of sp³-hybridized carbons (Fsp3) is 0.231. The van der Waals surface area contributed by atoms with Crippen LogP contribution >= 0.6 is 0 Å². The normalized spacial score (nSPS) is 27.1. The van der Waals surface area contributed by atoms with Crippen molar-refractivity contribution in [2.45, 2.75) is 30.6 Å². The van der Waals surface area contributed by atoms with Gasteiger partial charge in [-0.1, -0.05) is 0 Å². The summed E-state index contributed by atoms with van der Waals surface area (Å²) >= 11 is 0. The Hall–Kier alpha value is -3.94. The molecule has 0 aliphatic carbocycles. The number of hydrogen-bond acceptors (Lipinski definition) is 7. The van der Waals surface area contributed by atoms with Gasteiger partial charge < -0.3 is 29.2 Å². The lowest BCUT2D eigenvalue weighted by molar-refractivity contribution is -0.192. The van der Waals surface area contributed by atoms with E-state index in [-0.39, 0.29) is 44.5 Å². The molecular formula is C26H17F2N3O7. The summed E-state index contributed by atoms with van der Waals surface area (Å²) in [7, 11) is 0. The molecule has 2 saturated heterocycles. The van der Waals surface area contributed by atoms with Crippen molar-refractivity contribution < 1.29 is 43.3 Å². The lowest BCUT2D eigenvalue weighted by Crippen LogP contribution is -2.50. The number of carbonyl (C=O) groups is 2. The minimum absolute atomic E-state index is 0.0134. The fourth-order valence-corrected chi connectivity index (χ4v) is 6.30. The molecule has 5 atom stereocenters. The van der Waals surface area contributed by atoms with Crippen LogP contribution in [0.3, 0.4) is 0 Å². The zero-order chi connectivity index (χ0) is 26.2. The van der Waals surface area contributed by atoms with Crippen molar-refractivity contribution in [2.24, 2.45) is 0 Å². The minimum atomic E-state index is -1.36. The number of benzene rings is 3. The van der Waals surface area contributed by atoms with E-state index < -0.39 is 54.1 Å². The van der Waals surface area contributed by atoms with Crippen LogP contribution in [0.2, 0.25) is 0 Å². The number of hydrogen-bond donors (Lipinski definition) is 4. The van der Waals surface area contributed by atoms with Gasteiger partial charge in [0.25, 0.3) is 11.8 Å². The first-order valence-corrected chi connectivity index (χ1v) is 11.9. The smallest absolute Gasteiger partial charge is 0.286 e. The first-order chi connectivity index (χ1) is 18.3. The standard InChI is InChI=1S/C26H17F2N3O7/c27-8-1-3-12-10(5-8)15-17-18(25(35)31(36)24(17)34)16-11-6-9(28)2-4-13(11)30(20(16)19(15)29-12)26-22(33)23-21(32)14(38-26)7-37-23/h1-6,14,21-23,26,29,32-33,36H,7H2/t14?,21-,22-,23?,26-/m1/s1. The van der Waals surface area contributed by atoms with Gasteiger partial charge in [0.2, 0.25) is 0 Å². The van der Waals surface area contributed by atoms with Gasteiger partial charge in [-0.25, -0.2) is 8.78 Å². The number of aromatic amines is 1. The van der Waals surface area contributed by atoms with E-state index in [1.807, 2.05) is 0 Å². The van der Waals surface area contributed by atoms with Crippen LogP contribution in [-0.2, 0) is 9.47 Å². The molecule has 0 radical (unpaired) electrons. The third-order valence-electron chi connectivity index (χ3n) is 7.89. The number of imide groups is 1. The first kappa shape index (κ1) is 22.1. The van der Waals surface area contributed by atoms with Crippen LogP contribution in [-0.4, -0.2) is 72.9 Å². The Morgan fingerprint density at radius 2 is 1.61 bits per heavy atom. The van der Waals surface area contributed by atoms with Gasteiger partial charge in [0.1, 0.15) is 36.1 Å². The lowest BCUT2D eigenvalue weighted by atomic mass is 9.96. The van der Waals surface area contributed by atoms with Gasteiger partial charge in [-0.3, -0.25) is 14.8 Å². The highest BCUT2D eigenvalue weighted by atomic mass is 19.1. The number of aliphatic hydroxyl groups is 2. The molecule has 12 heteroatoms. The molecule has 5 heterocycles. The van der Waals surface area contributed by atoms with Crippen LogP contribution in [0.25, 0.3) is 43.6 Å². The number of ether oxygens (including phenoxy) is 2. The van der Waals surface area contributed by atoms with Crippen LogP contribution in [0.15, 0.2) is 36.4 Å². The van der Waals surface area contributed by atoms with Crippen molar-refractivity contribution in [1.82, 2.24) is 14.6 Å². The summed E-state index contributed by atoms with van der Waals surface area (Å²) in [4.78, 5) is 29.6. The number of aliphatic hydroxyl groups excluding tert-OH is 2. The maximum atomic E-state index is 14.6. The summed E-state index contributed by atoms with van der Waals surface area (Å²) in [5, 5.41) is 32.9. The summed E-state index contributed by atoms with van der Waals surface area (Å²) in [5.74, 6) is -3.22. The number of aromatic nitrogens is 2. The predicted octanol–water partition coefficient (Wildman–Crippen LogP) is 2.71. The molecule has 5 aromatic rings. The summed E-state index contributed by atoms with van der Waals surface area (Å²) in [6, 6.07) is 7.76. The predicted molar refractivity (Wildman–Crippen MR) is 127 cm³/mol. The molecule has 0 spiro atoms. The highest BCUT2D eigenvalue weighted by molar-refractivity contribution is 6.38. The number of nitrogens with one attached hydrogen (secondary N) is 1. The van der Waals surface area contributed by atoms with E-state index in [4.69, 9.17) is 9.47 Å². The molecule has 2 fully saturated rings. The van der Waals surface area contributed by atoms with Gasteiger partial charge in [0.15, 0.2) is 6.23 Å². The SMILES string of the molecule is O=C1c2c(c3c4cc(F)ccc4n([C@@H]4OC5COC([C@@H]5O)[C@H]4O)c3c3[nH]c4ccc(F)cc4c23)C(=O)N1O. The van der Waals surface area contributed by atoms with E-state index in [1.54, 1.807) is 4.57 Å². The lowest BCUT2D eigenvalue weighted by Gasteiger charge is -2.36. The van der Waals surface area contributed by atoms with Crippen molar-refractivity contribution in [3.8, 4) is 0 Å². The average Bonchev–Trinajstić information content (AvgIpc) is 3.56. The molecule has 2 unspecified atom stereocenters. The minimum Gasteiger partial charge on any atom is -0.387 e. The van der Waals surface area contributed by atoms with Crippen LogP contribution in [0.5, 0.6) is 0 Å². The second-order valence-corrected chi connectivity index (χ2v) is 9.84. The maximum absolute atomic E-state index is 14.6. The molecule has 10 nitrogen and oxygen atoms in total. The van der Waals surface area contributed by atoms with Crippen LogP contribution in [0.4, 0.5) is 8.78 Å². The molecule has 0 saturated carbocycles. The molecule has 2 aromatic heterocycles. The Bertz CT molecular complexity index is 1910. The van der Waals surface area contributed by atoms with Crippen molar-refractivity contribution in [2.75, 3.05) is 6.61 Å². The zero-order valence-corrected chi connectivity index (χ0v) is 19.2. The monoisotopic (exact) mass is 521 g/mol. The summed E-state index contributed by atoms with van der Waals surface area (Å²) in [6.07, 6.45) is -5.26. The number of rotatable bonds is 1. The van der Waals surface area contributed by atoms with E-state index in [1.165, 1.54) is 36.4 Å². The zero-order valence-electron chi connectivity index (χ0n) is 19.2. The molecule has 3 aliphatic heterocycles. The Balaban J connectivity index is 1.61. The first-order valence-electron chi connectivity index (χ1n) is 11.9. The molecule has 3 aliphatic rings. The molecular weight excluding hydrogens is 504 g/mol. The van der Waals surface area contributed by atoms with Gasteiger partial charge >= 0.3 is 0 Å². The van der Waals surface area contributed by atoms with E-state index in [9.17, 15) is 33.8 Å². The Labute approximate surface area is 210 Å². The van der Waals surface area contributed by atoms with E-state index in [0.29, 0.717) is 21.9 Å². The number of amides is 2. The summed E-state index contributed by atoms with van der Waals surface area (Å²) in [6.45, 7) is 0.0497. The van der Waals surface area contributed by atoms with Crippen LogP contribution in [0, 0.1) is 11.6 Å². The van der Waals surface area contributed by atoms with E-state index in [2.05, 4.69) is 4.98 Å². The van der Waals surface area contributed by atoms with Crippen molar-refractivity contribution >= 4 is 55.4 Å². The largest absolute Gasteiger partial charge is 0.387 e. The number of halogens is 2. The van der Waals surface area contributed by atoms with E-state index in [0.717, 1.165) is 0 Å².